The van der Waals surface area contributed by atoms with Crippen LogP contribution in [0.3, 0.4) is 0 Å². The molecule has 56 valence electrons. The highest BCUT2D eigenvalue weighted by Gasteiger charge is 2.10. The molecule has 2 heteroatoms. The smallest absolute Gasteiger partial charge is 0.0540 e. The van der Waals surface area contributed by atoms with E-state index in [1.165, 1.54) is 0 Å². The maximum Gasteiger partial charge on any atom is 0.0540 e. The predicted molar refractivity (Wildman–Crippen MR) is 39.1 cm³/mol. The first kappa shape index (κ1) is 8.92. The first-order chi connectivity index (χ1) is 4.22. The fraction of sp³-hybridized carbons (Fsp3) is 1.00. The van der Waals surface area contributed by atoms with Gasteiger partial charge in [-0.05, 0) is 25.8 Å². The Bertz CT molecular complexity index is 63.9. The largest absolute Gasteiger partial charge is 0.393 e. The van der Waals surface area contributed by atoms with Gasteiger partial charge in [0.05, 0.1) is 6.10 Å². The van der Waals surface area contributed by atoms with Crippen LogP contribution >= 0.6 is 0 Å². The zero-order valence-corrected chi connectivity index (χ0v) is 6.30. The van der Waals surface area contributed by atoms with Gasteiger partial charge in [0.25, 0.3) is 0 Å². The van der Waals surface area contributed by atoms with E-state index in [0.29, 0.717) is 12.5 Å². The molecule has 0 aliphatic rings. The van der Waals surface area contributed by atoms with Crippen molar-refractivity contribution < 1.29 is 5.11 Å². The van der Waals surface area contributed by atoms with Gasteiger partial charge in [0.15, 0.2) is 0 Å². The summed E-state index contributed by atoms with van der Waals surface area (Å²) in [7, 11) is 0. The minimum Gasteiger partial charge on any atom is -0.393 e. The molecule has 0 aromatic heterocycles. The molecule has 0 saturated heterocycles. The normalized spacial score (nSPS) is 17.3. The van der Waals surface area contributed by atoms with Crippen molar-refractivity contribution in [2.75, 3.05) is 6.54 Å². The molecule has 0 spiro atoms. The van der Waals surface area contributed by atoms with E-state index in [1.807, 2.05) is 6.92 Å². The SMILES string of the molecule is CCC(CCN)C(C)O. The van der Waals surface area contributed by atoms with Crippen molar-refractivity contribution in [1.29, 1.82) is 0 Å². The molecule has 0 amide bonds. The van der Waals surface area contributed by atoms with Gasteiger partial charge in [0.2, 0.25) is 0 Å². The molecule has 0 bridgehead atoms. The Labute approximate surface area is 57.1 Å². The quantitative estimate of drug-likeness (QED) is 0.591. The minimum absolute atomic E-state index is 0.196. The van der Waals surface area contributed by atoms with E-state index in [1.54, 1.807) is 0 Å². The fourth-order valence-corrected chi connectivity index (χ4v) is 1.00. The number of hydrogen-bond donors (Lipinski definition) is 2. The molecule has 0 aliphatic carbocycles. The van der Waals surface area contributed by atoms with Crippen molar-refractivity contribution in [3.05, 3.63) is 0 Å². The molecule has 0 fully saturated rings. The van der Waals surface area contributed by atoms with Gasteiger partial charge >= 0.3 is 0 Å². The summed E-state index contributed by atoms with van der Waals surface area (Å²) in [5.74, 6) is 0.398. The van der Waals surface area contributed by atoms with Gasteiger partial charge in [-0.25, -0.2) is 0 Å². The molecular formula is C7H17NO. The van der Waals surface area contributed by atoms with Crippen molar-refractivity contribution >= 4 is 0 Å². The van der Waals surface area contributed by atoms with Gasteiger partial charge in [0.1, 0.15) is 0 Å². The topological polar surface area (TPSA) is 46.2 Å². The Hall–Kier alpha value is -0.0800. The van der Waals surface area contributed by atoms with Crippen LogP contribution in [0, 0.1) is 5.92 Å². The standard InChI is InChI=1S/C7H17NO/c1-3-7(4-5-8)6(2)9/h6-7,9H,3-5,8H2,1-2H3. The Morgan fingerprint density at radius 3 is 2.22 bits per heavy atom. The molecule has 0 rings (SSSR count). The second kappa shape index (κ2) is 4.77. The Kier molecular flexibility index (Phi) is 4.72. The summed E-state index contributed by atoms with van der Waals surface area (Å²) in [5.41, 5.74) is 5.33. The molecule has 0 heterocycles. The van der Waals surface area contributed by atoms with Crippen LogP contribution in [-0.2, 0) is 0 Å². The molecule has 2 atom stereocenters. The van der Waals surface area contributed by atoms with Crippen molar-refractivity contribution in [3.8, 4) is 0 Å². The number of rotatable bonds is 4. The fourth-order valence-electron chi connectivity index (χ4n) is 1.00. The van der Waals surface area contributed by atoms with E-state index < -0.39 is 0 Å². The van der Waals surface area contributed by atoms with Crippen molar-refractivity contribution in [2.45, 2.75) is 32.8 Å². The molecule has 0 saturated carbocycles. The van der Waals surface area contributed by atoms with Gasteiger partial charge in [-0.3, -0.25) is 0 Å². The van der Waals surface area contributed by atoms with Crippen LogP contribution in [0.5, 0.6) is 0 Å². The second-order valence-electron chi connectivity index (χ2n) is 2.49. The number of aliphatic hydroxyl groups excluding tert-OH is 1. The molecule has 0 aliphatic heterocycles. The molecule has 0 radical (unpaired) electrons. The van der Waals surface area contributed by atoms with Crippen LogP contribution in [0.2, 0.25) is 0 Å². The maximum absolute atomic E-state index is 9.09. The van der Waals surface area contributed by atoms with Crippen molar-refractivity contribution in [1.82, 2.24) is 0 Å². The van der Waals surface area contributed by atoms with E-state index in [9.17, 15) is 0 Å². The lowest BCUT2D eigenvalue weighted by Gasteiger charge is -2.15. The van der Waals surface area contributed by atoms with Gasteiger partial charge in [-0.1, -0.05) is 13.3 Å². The molecule has 2 unspecified atom stereocenters. The summed E-state index contributed by atoms with van der Waals surface area (Å²) in [6.07, 6.45) is 1.77. The summed E-state index contributed by atoms with van der Waals surface area (Å²) in [4.78, 5) is 0. The monoisotopic (exact) mass is 131 g/mol. The van der Waals surface area contributed by atoms with E-state index in [-0.39, 0.29) is 6.10 Å². The van der Waals surface area contributed by atoms with Crippen molar-refractivity contribution in [3.63, 3.8) is 0 Å². The Morgan fingerprint density at radius 1 is 1.56 bits per heavy atom. The molecule has 0 aromatic rings. The third-order valence-corrected chi connectivity index (χ3v) is 1.74. The van der Waals surface area contributed by atoms with E-state index in [0.717, 1.165) is 12.8 Å². The third kappa shape index (κ3) is 3.49. The zero-order chi connectivity index (χ0) is 7.28. The maximum atomic E-state index is 9.09. The van der Waals surface area contributed by atoms with Crippen molar-refractivity contribution in [2.24, 2.45) is 11.7 Å². The summed E-state index contributed by atoms with van der Waals surface area (Å²) < 4.78 is 0. The first-order valence-corrected chi connectivity index (χ1v) is 3.60. The summed E-state index contributed by atoms with van der Waals surface area (Å²) in [6, 6.07) is 0. The van der Waals surface area contributed by atoms with Gasteiger partial charge < -0.3 is 10.8 Å². The van der Waals surface area contributed by atoms with E-state index in [2.05, 4.69) is 6.92 Å². The summed E-state index contributed by atoms with van der Waals surface area (Å²) in [5, 5.41) is 9.09. The average molecular weight is 131 g/mol. The molecule has 3 N–H and O–H groups in total. The highest BCUT2D eigenvalue weighted by molar-refractivity contribution is 4.62. The first-order valence-electron chi connectivity index (χ1n) is 3.60. The van der Waals surface area contributed by atoms with Crippen LogP contribution in [-0.4, -0.2) is 17.8 Å². The lowest BCUT2D eigenvalue weighted by Crippen LogP contribution is -2.19. The lowest BCUT2D eigenvalue weighted by atomic mass is 9.97. The van der Waals surface area contributed by atoms with Crippen LogP contribution < -0.4 is 5.73 Å². The van der Waals surface area contributed by atoms with Gasteiger partial charge in [-0.15, -0.1) is 0 Å². The number of nitrogens with two attached hydrogens (primary N) is 1. The zero-order valence-electron chi connectivity index (χ0n) is 6.30. The molecular weight excluding hydrogens is 114 g/mol. The minimum atomic E-state index is -0.196. The highest BCUT2D eigenvalue weighted by Crippen LogP contribution is 2.11. The van der Waals surface area contributed by atoms with Crippen LogP contribution in [0.4, 0.5) is 0 Å². The van der Waals surface area contributed by atoms with E-state index >= 15 is 0 Å². The Morgan fingerprint density at radius 2 is 2.11 bits per heavy atom. The highest BCUT2D eigenvalue weighted by atomic mass is 16.3. The molecule has 9 heavy (non-hydrogen) atoms. The van der Waals surface area contributed by atoms with Gasteiger partial charge in [-0.2, -0.15) is 0 Å². The van der Waals surface area contributed by atoms with Crippen LogP contribution in [0.1, 0.15) is 26.7 Å². The molecule has 2 nitrogen and oxygen atoms in total. The second-order valence-corrected chi connectivity index (χ2v) is 2.49. The third-order valence-electron chi connectivity index (χ3n) is 1.74. The summed E-state index contributed by atoms with van der Waals surface area (Å²) >= 11 is 0. The lowest BCUT2D eigenvalue weighted by molar-refractivity contribution is 0.119. The summed E-state index contributed by atoms with van der Waals surface area (Å²) in [6.45, 7) is 4.58. The van der Waals surface area contributed by atoms with Gasteiger partial charge in [0, 0.05) is 0 Å². The number of hydrogen-bond acceptors (Lipinski definition) is 2. The average Bonchev–Trinajstić information content (AvgIpc) is 1.82. The number of aliphatic hydroxyl groups is 1. The Balaban J connectivity index is 3.41. The van der Waals surface area contributed by atoms with Crippen LogP contribution in [0.25, 0.3) is 0 Å². The van der Waals surface area contributed by atoms with E-state index in [4.69, 9.17) is 10.8 Å². The predicted octanol–water partition coefficient (Wildman–Crippen LogP) is 0.742. The van der Waals surface area contributed by atoms with Crippen LogP contribution in [0.15, 0.2) is 0 Å². The molecule has 0 aromatic carbocycles.